The van der Waals surface area contributed by atoms with E-state index in [-0.39, 0.29) is 29.7 Å². The van der Waals surface area contributed by atoms with E-state index >= 15 is 0 Å². The van der Waals surface area contributed by atoms with E-state index in [1.807, 2.05) is 6.92 Å². The lowest BCUT2D eigenvalue weighted by atomic mass is 10.1. The zero-order valence-electron chi connectivity index (χ0n) is 10.8. The summed E-state index contributed by atoms with van der Waals surface area (Å²) in [7, 11) is 1.57. The Morgan fingerprint density at radius 2 is 2.16 bits per heavy atom. The number of ether oxygens (including phenoxy) is 1. The lowest BCUT2D eigenvalue weighted by Crippen LogP contribution is -2.17. The Balaban J connectivity index is 2.71. The van der Waals surface area contributed by atoms with E-state index in [2.05, 4.69) is 5.32 Å². The Kier molecular flexibility index (Phi) is 5.79. The van der Waals surface area contributed by atoms with E-state index in [0.29, 0.717) is 11.4 Å². The highest BCUT2D eigenvalue weighted by molar-refractivity contribution is 6.31. The lowest BCUT2D eigenvalue weighted by molar-refractivity contribution is -0.116. The summed E-state index contributed by atoms with van der Waals surface area (Å²) < 4.78 is 5.04. The minimum Gasteiger partial charge on any atom is -0.478 e. The lowest BCUT2D eigenvalue weighted by Gasteiger charge is -2.11. The number of carboxylic acids is 1. The molecular formula is C13H16ClNO4. The number of rotatable bonds is 6. The molecule has 1 amide bonds. The first-order valence-corrected chi connectivity index (χ1v) is 6.17. The van der Waals surface area contributed by atoms with Crippen LogP contribution in [0.15, 0.2) is 18.2 Å². The summed E-state index contributed by atoms with van der Waals surface area (Å²) in [4.78, 5) is 22.7. The van der Waals surface area contributed by atoms with Crippen LogP contribution in [0, 0.1) is 0 Å². The number of aromatic carboxylic acids is 1. The zero-order chi connectivity index (χ0) is 14.4. The molecule has 6 heteroatoms. The molecule has 5 nitrogen and oxygen atoms in total. The van der Waals surface area contributed by atoms with Gasteiger partial charge in [-0.3, -0.25) is 4.79 Å². The van der Waals surface area contributed by atoms with Gasteiger partial charge in [0.1, 0.15) is 0 Å². The van der Waals surface area contributed by atoms with Crippen LogP contribution in [0.5, 0.6) is 0 Å². The number of carbonyl (C=O) groups is 2. The normalized spacial score (nSPS) is 11.9. The zero-order valence-corrected chi connectivity index (χ0v) is 11.5. The molecule has 0 saturated carbocycles. The Labute approximate surface area is 116 Å². The van der Waals surface area contributed by atoms with Crippen molar-refractivity contribution in [1.82, 2.24) is 0 Å². The quantitative estimate of drug-likeness (QED) is 0.843. The molecule has 2 N–H and O–H groups in total. The number of carboxylic acid groups (broad SMARTS) is 1. The highest BCUT2D eigenvalue weighted by atomic mass is 35.5. The van der Waals surface area contributed by atoms with E-state index in [9.17, 15) is 9.59 Å². The molecule has 1 rings (SSSR count). The number of methoxy groups -OCH3 is 1. The van der Waals surface area contributed by atoms with Crippen LogP contribution in [-0.2, 0) is 9.53 Å². The first kappa shape index (κ1) is 15.5. The van der Waals surface area contributed by atoms with E-state index in [1.54, 1.807) is 7.11 Å². The molecule has 1 atom stereocenters. The smallest absolute Gasteiger partial charge is 0.337 e. The van der Waals surface area contributed by atoms with Crippen LogP contribution in [0.4, 0.5) is 5.69 Å². The van der Waals surface area contributed by atoms with Crippen molar-refractivity contribution in [3.63, 3.8) is 0 Å². The van der Waals surface area contributed by atoms with Crippen molar-refractivity contribution >= 4 is 29.2 Å². The molecule has 19 heavy (non-hydrogen) atoms. The van der Waals surface area contributed by atoms with Crippen molar-refractivity contribution in [2.45, 2.75) is 25.9 Å². The summed E-state index contributed by atoms with van der Waals surface area (Å²) in [5.74, 6) is -1.39. The molecule has 0 spiro atoms. The molecule has 0 radical (unpaired) electrons. The van der Waals surface area contributed by atoms with E-state index < -0.39 is 5.97 Å². The van der Waals surface area contributed by atoms with Gasteiger partial charge in [0.2, 0.25) is 5.91 Å². The molecule has 0 heterocycles. The van der Waals surface area contributed by atoms with E-state index in [0.717, 1.165) is 0 Å². The van der Waals surface area contributed by atoms with Crippen LogP contribution in [-0.4, -0.2) is 30.2 Å². The average Bonchev–Trinajstić information content (AvgIpc) is 2.37. The van der Waals surface area contributed by atoms with Crippen molar-refractivity contribution in [2.24, 2.45) is 0 Å². The summed E-state index contributed by atoms with van der Waals surface area (Å²) in [6, 6.07) is 4.31. The number of hydrogen-bond donors (Lipinski definition) is 2. The van der Waals surface area contributed by atoms with Crippen LogP contribution in [0.2, 0.25) is 5.02 Å². The molecule has 1 aromatic carbocycles. The summed E-state index contributed by atoms with van der Waals surface area (Å²) in [6.07, 6.45) is 0.810. The first-order valence-electron chi connectivity index (χ1n) is 5.79. The van der Waals surface area contributed by atoms with E-state index in [1.165, 1.54) is 18.2 Å². The summed E-state index contributed by atoms with van der Waals surface area (Å²) >= 11 is 5.73. The van der Waals surface area contributed by atoms with E-state index in [4.69, 9.17) is 21.4 Å². The minimum absolute atomic E-state index is 0.0186. The molecule has 0 bridgehead atoms. The SMILES string of the molecule is COC(C)CCC(=O)Nc1ccc(Cl)cc1C(=O)O. The molecule has 0 fully saturated rings. The maximum Gasteiger partial charge on any atom is 0.337 e. The van der Waals surface area contributed by atoms with Gasteiger partial charge in [-0.2, -0.15) is 0 Å². The van der Waals surface area contributed by atoms with Crippen LogP contribution < -0.4 is 5.32 Å². The van der Waals surface area contributed by atoms with Crippen molar-refractivity contribution in [1.29, 1.82) is 0 Å². The van der Waals surface area contributed by atoms with Crippen molar-refractivity contribution in [3.05, 3.63) is 28.8 Å². The van der Waals surface area contributed by atoms with Gasteiger partial charge in [-0.15, -0.1) is 0 Å². The number of amides is 1. The average molecular weight is 286 g/mol. The Bertz CT molecular complexity index is 476. The maximum absolute atomic E-state index is 11.7. The molecule has 0 saturated heterocycles. The summed E-state index contributed by atoms with van der Waals surface area (Å²) in [5.41, 5.74) is 0.215. The molecule has 104 valence electrons. The molecule has 0 aliphatic heterocycles. The molecular weight excluding hydrogens is 270 g/mol. The van der Waals surface area contributed by atoms with Gasteiger partial charge in [0.25, 0.3) is 0 Å². The van der Waals surface area contributed by atoms with Gasteiger partial charge in [-0.05, 0) is 31.5 Å². The molecule has 0 aliphatic rings. The second kappa shape index (κ2) is 7.11. The van der Waals surface area contributed by atoms with Gasteiger partial charge < -0.3 is 15.2 Å². The monoisotopic (exact) mass is 285 g/mol. The predicted molar refractivity (Wildman–Crippen MR) is 72.7 cm³/mol. The third kappa shape index (κ3) is 4.89. The largest absolute Gasteiger partial charge is 0.478 e. The number of nitrogens with one attached hydrogen (secondary N) is 1. The van der Waals surface area contributed by atoms with Gasteiger partial charge >= 0.3 is 5.97 Å². The second-order valence-corrected chi connectivity index (χ2v) is 4.56. The first-order chi connectivity index (χ1) is 8.93. The summed E-state index contributed by atoms with van der Waals surface area (Å²) in [5, 5.41) is 11.9. The highest BCUT2D eigenvalue weighted by Crippen LogP contribution is 2.21. The number of halogens is 1. The topological polar surface area (TPSA) is 75.6 Å². The fourth-order valence-corrected chi connectivity index (χ4v) is 1.64. The van der Waals surface area contributed by atoms with Gasteiger partial charge in [-0.1, -0.05) is 11.6 Å². The van der Waals surface area contributed by atoms with Crippen LogP contribution in [0.3, 0.4) is 0 Å². The fraction of sp³-hybridized carbons (Fsp3) is 0.385. The van der Waals surface area contributed by atoms with Crippen molar-refractivity contribution in [3.8, 4) is 0 Å². The van der Waals surface area contributed by atoms with Gasteiger partial charge in [0.05, 0.1) is 17.4 Å². The van der Waals surface area contributed by atoms with Crippen molar-refractivity contribution < 1.29 is 19.4 Å². The number of anilines is 1. The highest BCUT2D eigenvalue weighted by Gasteiger charge is 2.13. The number of hydrogen-bond acceptors (Lipinski definition) is 3. The maximum atomic E-state index is 11.7. The standard InChI is InChI=1S/C13H16ClNO4/c1-8(19-2)3-6-12(16)15-11-5-4-9(14)7-10(11)13(17)18/h4-5,7-8H,3,6H2,1-2H3,(H,15,16)(H,17,18). The Morgan fingerprint density at radius 1 is 1.47 bits per heavy atom. The third-order valence-corrected chi connectivity index (χ3v) is 2.90. The number of carbonyl (C=O) groups excluding carboxylic acids is 1. The second-order valence-electron chi connectivity index (χ2n) is 4.13. The van der Waals surface area contributed by atoms with Gasteiger partial charge in [-0.25, -0.2) is 4.79 Å². The predicted octanol–water partition coefficient (Wildman–Crippen LogP) is 2.79. The molecule has 1 unspecified atom stereocenters. The Morgan fingerprint density at radius 3 is 2.74 bits per heavy atom. The minimum atomic E-state index is -1.14. The van der Waals surface area contributed by atoms with Gasteiger partial charge in [0.15, 0.2) is 0 Å². The Hall–Kier alpha value is -1.59. The van der Waals surface area contributed by atoms with Crippen LogP contribution in [0.1, 0.15) is 30.1 Å². The molecule has 0 aromatic heterocycles. The molecule has 1 aromatic rings. The third-order valence-electron chi connectivity index (χ3n) is 2.67. The summed E-state index contributed by atoms with van der Waals surface area (Å²) in [6.45, 7) is 1.86. The number of benzene rings is 1. The van der Waals surface area contributed by atoms with Crippen LogP contribution in [0.25, 0.3) is 0 Å². The van der Waals surface area contributed by atoms with Gasteiger partial charge in [0, 0.05) is 18.6 Å². The van der Waals surface area contributed by atoms with Crippen molar-refractivity contribution in [2.75, 3.05) is 12.4 Å². The van der Waals surface area contributed by atoms with Crippen LogP contribution >= 0.6 is 11.6 Å². The fourth-order valence-electron chi connectivity index (χ4n) is 1.47. The molecule has 0 aliphatic carbocycles.